The lowest BCUT2D eigenvalue weighted by Crippen LogP contribution is -2.35. The van der Waals surface area contributed by atoms with Gasteiger partial charge in [-0.25, -0.2) is 0 Å². The molecule has 5 nitrogen and oxygen atoms in total. The van der Waals surface area contributed by atoms with E-state index in [0.29, 0.717) is 18.9 Å². The number of carbonyl (C=O) groups excluding carboxylic acids is 1. The molecule has 0 bridgehead atoms. The molecule has 1 heterocycles. The number of nitrogens with zero attached hydrogens (tertiary/aromatic N) is 1. The molecule has 16 heavy (non-hydrogen) atoms. The number of piperidine rings is 1. The van der Waals surface area contributed by atoms with Crippen LogP contribution in [0.4, 0.5) is 0 Å². The third-order valence-corrected chi connectivity index (χ3v) is 2.95. The van der Waals surface area contributed by atoms with E-state index in [1.807, 2.05) is 0 Å². The highest BCUT2D eigenvalue weighted by molar-refractivity contribution is 5.77. The summed E-state index contributed by atoms with van der Waals surface area (Å²) in [6, 6.07) is 0. The van der Waals surface area contributed by atoms with E-state index in [1.165, 1.54) is 4.90 Å². The Labute approximate surface area is 95.8 Å². The Kier molecular flexibility index (Phi) is 5.25. The molecule has 5 heteroatoms. The molecule has 0 aromatic heterocycles. The van der Waals surface area contributed by atoms with Crippen LogP contribution in [0.25, 0.3) is 0 Å². The van der Waals surface area contributed by atoms with Crippen molar-refractivity contribution in [2.75, 3.05) is 26.7 Å². The molecule has 1 atom stereocenters. The smallest absolute Gasteiger partial charge is 0.305 e. The highest BCUT2D eigenvalue weighted by atomic mass is 16.4. The van der Waals surface area contributed by atoms with Crippen LogP contribution < -0.4 is 5.32 Å². The summed E-state index contributed by atoms with van der Waals surface area (Å²) in [5, 5.41) is 11.8. The SMILES string of the molecule is CN(CCC(=O)O)C(=O)CC1CCCNC1. The second kappa shape index (κ2) is 6.48. The molecule has 1 aliphatic heterocycles. The predicted molar refractivity (Wildman–Crippen MR) is 60.1 cm³/mol. The van der Waals surface area contributed by atoms with Crippen molar-refractivity contribution < 1.29 is 14.7 Å². The molecule has 1 rings (SSSR count). The topological polar surface area (TPSA) is 69.6 Å². The van der Waals surface area contributed by atoms with Crippen molar-refractivity contribution in [2.45, 2.75) is 25.7 Å². The standard InChI is InChI=1S/C11H20N2O3/c1-13(6-4-11(15)16)10(14)7-9-3-2-5-12-8-9/h9,12H,2-8H2,1H3,(H,15,16). The van der Waals surface area contributed by atoms with Crippen molar-refractivity contribution in [2.24, 2.45) is 5.92 Å². The van der Waals surface area contributed by atoms with Gasteiger partial charge in [-0.1, -0.05) is 0 Å². The van der Waals surface area contributed by atoms with E-state index >= 15 is 0 Å². The molecule has 1 amide bonds. The molecule has 0 aromatic rings. The van der Waals surface area contributed by atoms with Gasteiger partial charge in [0.1, 0.15) is 0 Å². The molecular weight excluding hydrogens is 208 g/mol. The normalized spacial score (nSPS) is 20.4. The van der Waals surface area contributed by atoms with Crippen LogP contribution in [0, 0.1) is 5.92 Å². The maximum Gasteiger partial charge on any atom is 0.305 e. The zero-order valence-corrected chi connectivity index (χ0v) is 9.74. The predicted octanol–water partition coefficient (Wildman–Crippen LogP) is 0.309. The van der Waals surface area contributed by atoms with Crippen molar-refractivity contribution in [3.05, 3.63) is 0 Å². The maximum atomic E-state index is 11.7. The fraction of sp³-hybridized carbons (Fsp3) is 0.818. The number of carboxylic acid groups (broad SMARTS) is 1. The van der Waals surface area contributed by atoms with Crippen molar-refractivity contribution in [1.82, 2.24) is 10.2 Å². The molecule has 1 unspecified atom stereocenters. The van der Waals surface area contributed by atoms with Gasteiger partial charge in [-0.15, -0.1) is 0 Å². The van der Waals surface area contributed by atoms with Crippen LogP contribution in [0.2, 0.25) is 0 Å². The van der Waals surface area contributed by atoms with Crippen molar-refractivity contribution >= 4 is 11.9 Å². The highest BCUT2D eigenvalue weighted by Gasteiger charge is 2.19. The molecule has 0 radical (unpaired) electrons. The van der Waals surface area contributed by atoms with E-state index in [-0.39, 0.29) is 12.3 Å². The Morgan fingerprint density at radius 2 is 2.25 bits per heavy atom. The van der Waals surface area contributed by atoms with E-state index in [0.717, 1.165) is 25.9 Å². The van der Waals surface area contributed by atoms with E-state index in [1.54, 1.807) is 7.05 Å². The lowest BCUT2D eigenvalue weighted by atomic mass is 9.96. The number of aliphatic carboxylic acids is 1. The van der Waals surface area contributed by atoms with Crippen LogP contribution in [0.15, 0.2) is 0 Å². The third-order valence-electron chi connectivity index (χ3n) is 2.95. The monoisotopic (exact) mass is 228 g/mol. The average Bonchev–Trinajstić information content (AvgIpc) is 2.27. The first-order valence-corrected chi connectivity index (χ1v) is 5.76. The van der Waals surface area contributed by atoms with Crippen molar-refractivity contribution in [3.8, 4) is 0 Å². The molecule has 1 aliphatic rings. The zero-order chi connectivity index (χ0) is 12.0. The molecule has 0 aliphatic carbocycles. The number of nitrogens with one attached hydrogen (secondary N) is 1. The quantitative estimate of drug-likeness (QED) is 0.710. The van der Waals surface area contributed by atoms with Gasteiger partial charge in [0.2, 0.25) is 5.91 Å². The van der Waals surface area contributed by atoms with Crippen LogP contribution >= 0.6 is 0 Å². The lowest BCUT2D eigenvalue weighted by Gasteiger charge is -2.24. The third kappa shape index (κ3) is 4.61. The number of carboxylic acids is 1. The minimum atomic E-state index is -0.862. The molecule has 0 aromatic carbocycles. The Balaban J connectivity index is 2.24. The molecular formula is C11H20N2O3. The average molecular weight is 228 g/mol. The van der Waals surface area contributed by atoms with Gasteiger partial charge in [0, 0.05) is 20.0 Å². The van der Waals surface area contributed by atoms with Gasteiger partial charge < -0.3 is 15.3 Å². The number of amides is 1. The number of carbonyl (C=O) groups is 2. The van der Waals surface area contributed by atoms with Crippen LogP contribution in [-0.4, -0.2) is 48.6 Å². The summed E-state index contributed by atoms with van der Waals surface area (Å²) in [5.41, 5.74) is 0. The Hall–Kier alpha value is -1.10. The van der Waals surface area contributed by atoms with E-state index in [9.17, 15) is 9.59 Å². The summed E-state index contributed by atoms with van der Waals surface area (Å²) in [7, 11) is 1.67. The van der Waals surface area contributed by atoms with Gasteiger partial charge in [0.25, 0.3) is 0 Å². The van der Waals surface area contributed by atoms with Crippen molar-refractivity contribution in [3.63, 3.8) is 0 Å². The van der Waals surface area contributed by atoms with Crippen LogP contribution in [0.1, 0.15) is 25.7 Å². The van der Waals surface area contributed by atoms with Gasteiger partial charge in [-0.3, -0.25) is 9.59 Å². The number of hydrogen-bond acceptors (Lipinski definition) is 3. The maximum absolute atomic E-state index is 11.7. The van der Waals surface area contributed by atoms with Gasteiger partial charge in [0.15, 0.2) is 0 Å². The first-order chi connectivity index (χ1) is 7.59. The number of hydrogen-bond donors (Lipinski definition) is 2. The van der Waals surface area contributed by atoms with E-state index in [2.05, 4.69) is 5.32 Å². The first kappa shape index (κ1) is 13.0. The lowest BCUT2D eigenvalue weighted by molar-refractivity contribution is -0.138. The summed E-state index contributed by atoms with van der Waals surface area (Å²) in [4.78, 5) is 23.6. The molecule has 0 spiro atoms. The second-order valence-corrected chi connectivity index (χ2v) is 4.38. The summed E-state index contributed by atoms with van der Waals surface area (Å²) in [6.45, 7) is 2.24. The summed E-state index contributed by atoms with van der Waals surface area (Å²) in [6.07, 6.45) is 2.76. The van der Waals surface area contributed by atoms with Crippen LogP contribution in [0.5, 0.6) is 0 Å². The Morgan fingerprint density at radius 3 is 2.81 bits per heavy atom. The summed E-state index contributed by atoms with van der Waals surface area (Å²) >= 11 is 0. The fourth-order valence-corrected chi connectivity index (χ4v) is 1.89. The molecule has 92 valence electrons. The number of rotatable bonds is 5. The summed E-state index contributed by atoms with van der Waals surface area (Å²) < 4.78 is 0. The van der Waals surface area contributed by atoms with Gasteiger partial charge in [-0.2, -0.15) is 0 Å². The largest absolute Gasteiger partial charge is 0.481 e. The van der Waals surface area contributed by atoms with Crippen molar-refractivity contribution in [1.29, 1.82) is 0 Å². The minimum Gasteiger partial charge on any atom is -0.481 e. The van der Waals surface area contributed by atoms with Gasteiger partial charge >= 0.3 is 5.97 Å². The van der Waals surface area contributed by atoms with Gasteiger partial charge in [-0.05, 0) is 31.8 Å². The second-order valence-electron chi connectivity index (χ2n) is 4.38. The highest BCUT2D eigenvalue weighted by Crippen LogP contribution is 2.14. The molecule has 1 saturated heterocycles. The Bertz CT molecular complexity index is 250. The zero-order valence-electron chi connectivity index (χ0n) is 9.74. The molecule has 0 saturated carbocycles. The van der Waals surface area contributed by atoms with E-state index in [4.69, 9.17) is 5.11 Å². The van der Waals surface area contributed by atoms with Crippen LogP contribution in [-0.2, 0) is 9.59 Å². The van der Waals surface area contributed by atoms with Crippen LogP contribution in [0.3, 0.4) is 0 Å². The fourth-order valence-electron chi connectivity index (χ4n) is 1.89. The van der Waals surface area contributed by atoms with E-state index < -0.39 is 5.97 Å². The molecule has 2 N–H and O–H groups in total. The first-order valence-electron chi connectivity index (χ1n) is 5.76. The minimum absolute atomic E-state index is 0.0190. The Morgan fingerprint density at radius 1 is 1.50 bits per heavy atom. The van der Waals surface area contributed by atoms with Gasteiger partial charge in [0.05, 0.1) is 6.42 Å². The molecule has 1 fully saturated rings. The summed E-state index contributed by atoms with van der Waals surface area (Å²) in [5.74, 6) is -0.400.